The van der Waals surface area contributed by atoms with Gasteiger partial charge in [-0.05, 0) is 50.1 Å². The number of nitrogens with zero attached hydrogens (tertiary/aromatic N) is 6. The Kier molecular flexibility index (Phi) is 5.57. The van der Waals surface area contributed by atoms with Crippen LogP contribution in [0.15, 0.2) is 55.1 Å². The van der Waals surface area contributed by atoms with Crippen LogP contribution in [0.3, 0.4) is 0 Å². The number of carbonyl (C=O) groups excluding carboxylic acids is 1. The zero-order valence-corrected chi connectivity index (χ0v) is 22.2. The monoisotopic (exact) mass is 543 g/mol. The summed E-state index contributed by atoms with van der Waals surface area (Å²) >= 11 is 6.35. The summed E-state index contributed by atoms with van der Waals surface area (Å²) in [6.45, 7) is 3.23. The van der Waals surface area contributed by atoms with Crippen molar-refractivity contribution in [3.63, 3.8) is 0 Å². The van der Waals surface area contributed by atoms with Gasteiger partial charge in [-0.15, -0.1) is 0 Å². The quantitative estimate of drug-likeness (QED) is 0.316. The maximum atomic E-state index is 12.7. The van der Waals surface area contributed by atoms with Crippen molar-refractivity contribution in [2.24, 2.45) is 0 Å². The van der Waals surface area contributed by atoms with Gasteiger partial charge < -0.3 is 14.4 Å². The van der Waals surface area contributed by atoms with Crippen LogP contribution >= 0.6 is 11.6 Å². The van der Waals surface area contributed by atoms with Crippen LogP contribution in [-0.4, -0.2) is 66.6 Å². The predicted molar refractivity (Wildman–Crippen MR) is 145 cm³/mol. The van der Waals surface area contributed by atoms with Crippen molar-refractivity contribution in [3.8, 4) is 17.0 Å². The van der Waals surface area contributed by atoms with E-state index in [0.717, 1.165) is 51.6 Å². The number of rotatable bonds is 7. The van der Waals surface area contributed by atoms with E-state index in [0.29, 0.717) is 23.9 Å². The molecule has 2 aromatic carbocycles. The van der Waals surface area contributed by atoms with Crippen molar-refractivity contribution in [1.29, 1.82) is 0 Å². The van der Waals surface area contributed by atoms with E-state index in [1.54, 1.807) is 25.6 Å². The molecule has 0 bridgehead atoms. The van der Waals surface area contributed by atoms with Gasteiger partial charge in [0.1, 0.15) is 23.1 Å². The normalized spacial score (nSPS) is 17.4. The molecule has 5 aromatic rings. The average molecular weight is 544 g/mol. The zero-order chi connectivity index (χ0) is 26.7. The number of carbonyl (C=O) groups is 1. The Morgan fingerprint density at radius 2 is 2.00 bits per heavy atom. The molecule has 2 fully saturated rings. The van der Waals surface area contributed by atoms with Crippen LogP contribution in [0.5, 0.6) is 5.75 Å². The number of aromatic nitrogens is 6. The Labute approximate surface area is 228 Å². The lowest BCUT2D eigenvalue weighted by Gasteiger charge is -2.40. The molecule has 2 aliphatic rings. The minimum absolute atomic E-state index is 0.0894. The Bertz CT molecular complexity index is 1720. The number of hydrogen-bond acceptors (Lipinski definition) is 7. The van der Waals surface area contributed by atoms with E-state index >= 15 is 0 Å². The Morgan fingerprint density at radius 1 is 1.18 bits per heavy atom. The minimum atomic E-state index is -0.585. The van der Waals surface area contributed by atoms with Gasteiger partial charge in [0.25, 0.3) is 5.91 Å². The fourth-order valence-electron chi connectivity index (χ4n) is 5.29. The molecule has 1 aliphatic heterocycles. The summed E-state index contributed by atoms with van der Waals surface area (Å²) in [6.07, 6.45) is 8.40. The number of ether oxygens (including phenoxy) is 2. The highest BCUT2D eigenvalue weighted by Crippen LogP contribution is 2.42. The highest BCUT2D eigenvalue weighted by atomic mass is 35.5. The van der Waals surface area contributed by atoms with Crippen molar-refractivity contribution in [3.05, 3.63) is 65.7 Å². The number of hydrogen-bond donors (Lipinski definition) is 1. The van der Waals surface area contributed by atoms with Gasteiger partial charge >= 0.3 is 0 Å². The first-order valence-electron chi connectivity index (χ1n) is 12.9. The number of halogens is 1. The van der Waals surface area contributed by atoms with Crippen molar-refractivity contribution in [2.75, 3.05) is 20.2 Å². The number of H-pyrrole nitrogens is 1. The molecule has 198 valence electrons. The van der Waals surface area contributed by atoms with Crippen LogP contribution in [0.4, 0.5) is 0 Å². The van der Waals surface area contributed by atoms with Gasteiger partial charge in [0, 0.05) is 60.3 Å². The molecular formula is C28H26ClN7O3. The number of likely N-dealkylation sites (tertiary alicyclic amines) is 1. The molecule has 1 atom stereocenters. The molecule has 0 radical (unpaired) electrons. The van der Waals surface area contributed by atoms with E-state index in [2.05, 4.69) is 25.3 Å². The van der Waals surface area contributed by atoms with Gasteiger partial charge in [-0.2, -0.15) is 10.2 Å². The van der Waals surface area contributed by atoms with Crippen molar-refractivity contribution in [2.45, 2.75) is 37.5 Å². The van der Waals surface area contributed by atoms with Crippen molar-refractivity contribution < 1.29 is 14.3 Å². The Morgan fingerprint density at radius 3 is 2.79 bits per heavy atom. The summed E-state index contributed by atoms with van der Waals surface area (Å²) in [4.78, 5) is 23.4. The first-order chi connectivity index (χ1) is 18.9. The summed E-state index contributed by atoms with van der Waals surface area (Å²) < 4.78 is 13.7. The van der Waals surface area contributed by atoms with Crippen LogP contribution in [0, 0.1) is 0 Å². The van der Waals surface area contributed by atoms with Crippen LogP contribution in [0.1, 0.15) is 37.5 Å². The first kappa shape index (κ1) is 24.1. The van der Waals surface area contributed by atoms with Crippen LogP contribution in [0.2, 0.25) is 5.02 Å². The SMILES string of the molecule is COC1(C(=O)N2CC(n3cc(-c4n[nH]c5ccc(OC(C)c6cc(Cl)cc7nccnc67)cc45)cn3)C2)CC1. The van der Waals surface area contributed by atoms with Gasteiger partial charge in [0.2, 0.25) is 0 Å². The third kappa shape index (κ3) is 4.11. The third-order valence-electron chi connectivity index (χ3n) is 7.74. The number of amides is 1. The second-order valence-electron chi connectivity index (χ2n) is 10.2. The number of aromatic amines is 1. The molecule has 3 aromatic heterocycles. The summed E-state index contributed by atoms with van der Waals surface area (Å²) in [5.41, 5.74) is 4.35. The molecule has 1 N–H and O–H groups in total. The molecule has 4 heterocycles. The molecule has 7 rings (SSSR count). The fourth-order valence-corrected chi connectivity index (χ4v) is 5.51. The Hall–Kier alpha value is -4.02. The molecule has 1 amide bonds. The third-order valence-corrected chi connectivity index (χ3v) is 7.95. The second-order valence-corrected chi connectivity index (χ2v) is 10.7. The van der Waals surface area contributed by atoms with Crippen molar-refractivity contribution >= 4 is 39.4 Å². The van der Waals surface area contributed by atoms with E-state index in [4.69, 9.17) is 21.1 Å². The largest absolute Gasteiger partial charge is 0.486 e. The molecule has 0 spiro atoms. The zero-order valence-electron chi connectivity index (χ0n) is 21.5. The van der Waals surface area contributed by atoms with E-state index in [1.165, 1.54) is 0 Å². The van der Waals surface area contributed by atoms with E-state index in [-0.39, 0.29) is 18.1 Å². The smallest absolute Gasteiger partial charge is 0.254 e. The molecule has 1 saturated heterocycles. The second kappa shape index (κ2) is 9.03. The molecule has 1 aliphatic carbocycles. The molecule has 1 saturated carbocycles. The molecule has 39 heavy (non-hydrogen) atoms. The summed E-state index contributed by atoms with van der Waals surface area (Å²) in [7, 11) is 1.61. The lowest BCUT2D eigenvalue weighted by atomic mass is 10.1. The van der Waals surface area contributed by atoms with Crippen LogP contribution in [-0.2, 0) is 9.53 Å². The van der Waals surface area contributed by atoms with Gasteiger partial charge in [-0.1, -0.05) is 11.6 Å². The van der Waals surface area contributed by atoms with Crippen LogP contribution in [0.25, 0.3) is 33.2 Å². The summed E-state index contributed by atoms with van der Waals surface area (Å²) in [5, 5.41) is 13.8. The number of benzene rings is 2. The van der Waals surface area contributed by atoms with Crippen molar-refractivity contribution in [1.82, 2.24) is 34.8 Å². The maximum Gasteiger partial charge on any atom is 0.254 e. The van der Waals surface area contributed by atoms with E-state index < -0.39 is 5.60 Å². The number of fused-ring (bicyclic) bond motifs is 2. The summed E-state index contributed by atoms with van der Waals surface area (Å²) in [6, 6.07) is 9.64. The molecule has 1 unspecified atom stereocenters. The fraction of sp³-hybridized carbons (Fsp3) is 0.321. The minimum Gasteiger partial charge on any atom is -0.486 e. The maximum absolute atomic E-state index is 12.7. The Balaban J connectivity index is 1.10. The molecular weight excluding hydrogens is 518 g/mol. The lowest BCUT2D eigenvalue weighted by molar-refractivity contribution is -0.150. The molecule has 11 heteroatoms. The predicted octanol–water partition coefficient (Wildman–Crippen LogP) is 4.73. The van der Waals surface area contributed by atoms with Gasteiger partial charge in [0.15, 0.2) is 0 Å². The topological polar surface area (TPSA) is 111 Å². The van der Waals surface area contributed by atoms with Gasteiger partial charge in [-0.25, -0.2) is 0 Å². The number of nitrogens with one attached hydrogen (secondary N) is 1. The van der Waals surface area contributed by atoms with Gasteiger partial charge in [-0.3, -0.25) is 24.5 Å². The van der Waals surface area contributed by atoms with Gasteiger partial charge in [0.05, 0.1) is 28.8 Å². The summed E-state index contributed by atoms with van der Waals surface area (Å²) in [5.74, 6) is 0.786. The van der Waals surface area contributed by atoms with E-state index in [9.17, 15) is 4.79 Å². The van der Waals surface area contributed by atoms with Crippen LogP contribution < -0.4 is 4.74 Å². The first-order valence-corrected chi connectivity index (χ1v) is 13.3. The standard InChI is InChI=1S/C28H26ClN7O3/c1-16(21-9-18(29)10-24-26(21)31-8-7-30-24)39-20-3-4-23-22(11-20)25(34-33-23)17-12-32-36(13-17)19-14-35(15-19)27(37)28(38-2)5-6-28/h3-4,7-13,16,19H,5-6,14-15H2,1-2H3,(H,33,34). The number of methoxy groups -OCH3 is 1. The average Bonchev–Trinajstić information content (AvgIpc) is 3.39. The lowest BCUT2D eigenvalue weighted by Crippen LogP contribution is -2.55. The molecule has 10 nitrogen and oxygen atoms in total. The highest BCUT2D eigenvalue weighted by Gasteiger charge is 2.54. The van der Waals surface area contributed by atoms with E-state index in [1.807, 2.05) is 53.2 Å². The highest BCUT2D eigenvalue weighted by molar-refractivity contribution is 6.31.